The van der Waals surface area contributed by atoms with E-state index in [4.69, 9.17) is 21.1 Å². The zero-order chi connectivity index (χ0) is 18.5. The number of halogens is 1. The monoisotopic (exact) mass is 373 g/mol. The van der Waals surface area contributed by atoms with Gasteiger partial charge in [0.15, 0.2) is 0 Å². The van der Waals surface area contributed by atoms with Crippen LogP contribution < -0.4 is 14.8 Å². The largest absolute Gasteiger partial charge is 0.497 e. The van der Waals surface area contributed by atoms with E-state index in [0.717, 1.165) is 16.9 Å². The molecule has 2 aromatic heterocycles. The number of methoxy groups -OCH3 is 2. The summed E-state index contributed by atoms with van der Waals surface area (Å²) in [4.78, 5) is 16.6. The molecule has 0 aliphatic heterocycles. The first-order valence-corrected chi connectivity index (χ1v) is 8.57. The van der Waals surface area contributed by atoms with E-state index in [2.05, 4.69) is 10.3 Å². The molecule has 0 aliphatic carbocycles. The third-order valence-electron chi connectivity index (χ3n) is 3.98. The van der Waals surface area contributed by atoms with Gasteiger partial charge in [-0.3, -0.25) is 4.79 Å². The third-order valence-corrected chi connectivity index (χ3v) is 4.21. The van der Waals surface area contributed by atoms with Gasteiger partial charge in [0.25, 0.3) is 0 Å². The van der Waals surface area contributed by atoms with E-state index in [9.17, 15) is 4.79 Å². The molecule has 1 N–H and O–H groups in total. The van der Waals surface area contributed by atoms with Gasteiger partial charge in [-0.1, -0.05) is 11.6 Å². The summed E-state index contributed by atoms with van der Waals surface area (Å²) in [6.45, 7) is 0.375. The average Bonchev–Trinajstić information content (AvgIpc) is 3.06. The number of fused-ring (bicyclic) bond motifs is 1. The lowest BCUT2D eigenvalue weighted by atomic mass is 10.1. The van der Waals surface area contributed by atoms with Crippen LogP contribution in [0.3, 0.4) is 0 Å². The van der Waals surface area contributed by atoms with E-state index < -0.39 is 0 Å². The van der Waals surface area contributed by atoms with E-state index in [1.165, 1.54) is 0 Å². The maximum absolute atomic E-state index is 12.1. The van der Waals surface area contributed by atoms with Crippen molar-refractivity contribution in [1.82, 2.24) is 14.7 Å². The number of hydrogen-bond donors (Lipinski definition) is 1. The van der Waals surface area contributed by atoms with Crippen LogP contribution in [0.25, 0.3) is 5.65 Å². The summed E-state index contributed by atoms with van der Waals surface area (Å²) in [6.07, 6.45) is 4.61. The Morgan fingerprint density at radius 3 is 2.58 bits per heavy atom. The van der Waals surface area contributed by atoms with Crippen LogP contribution in [0.2, 0.25) is 5.02 Å². The first-order chi connectivity index (χ1) is 12.6. The first kappa shape index (κ1) is 18.1. The molecule has 136 valence electrons. The predicted octanol–water partition coefficient (Wildman–Crippen LogP) is 3.25. The van der Waals surface area contributed by atoms with Crippen molar-refractivity contribution in [2.24, 2.45) is 0 Å². The second-order valence-corrected chi connectivity index (χ2v) is 6.28. The maximum Gasteiger partial charge on any atom is 0.220 e. The molecule has 1 aromatic carbocycles. The number of nitrogens with zero attached hydrogens (tertiary/aromatic N) is 2. The highest BCUT2D eigenvalue weighted by Gasteiger charge is 2.07. The molecule has 0 fully saturated rings. The molecule has 0 radical (unpaired) electrons. The van der Waals surface area contributed by atoms with Crippen LogP contribution in [-0.2, 0) is 17.8 Å². The van der Waals surface area contributed by atoms with Crippen molar-refractivity contribution in [1.29, 1.82) is 0 Å². The fourth-order valence-electron chi connectivity index (χ4n) is 2.65. The van der Waals surface area contributed by atoms with Crippen LogP contribution in [0.5, 0.6) is 11.5 Å². The van der Waals surface area contributed by atoms with E-state index in [1.807, 2.05) is 28.8 Å². The minimum absolute atomic E-state index is 0.0399. The average molecular weight is 374 g/mol. The lowest BCUT2D eigenvalue weighted by Gasteiger charge is -2.08. The summed E-state index contributed by atoms with van der Waals surface area (Å²) in [5.41, 5.74) is 2.56. The van der Waals surface area contributed by atoms with Crippen molar-refractivity contribution in [3.63, 3.8) is 0 Å². The Bertz CT molecular complexity index is 901. The molecule has 0 aliphatic rings. The van der Waals surface area contributed by atoms with Gasteiger partial charge >= 0.3 is 0 Å². The number of imidazole rings is 1. The molecule has 0 unspecified atom stereocenters. The number of pyridine rings is 1. The summed E-state index contributed by atoms with van der Waals surface area (Å²) >= 11 is 5.96. The SMILES string of the molecule is COc1cc(CCC(=O)NCc2cn3cc(Cl)ccc3n2)cc(OC)c1. The second kappa shape index (κ2) is 8.10. The van der Waals surface area contributed by atoms with Gasteiger partial charge in [0.05, 0.1) is 31.5 Å². The van der Waals surface area contributed by atoms with Gasteiger partial charge in [-0.25, -0.2) is 4.98 Å². The zero-order valence-corrected chi connectivity index (χ0v) is 15.4. The van der Waals surface area contributed by atoms with Crippen molar-refractivity contribution >= 4 is 23.2 Å². The Morgan fingerprint density at radius 2 is 1.88 bits per heavy atom. The van der Waals surface area contributed by atoms with Gasteiger partial charge in [-0.2, -0.15) is 0 Å². The summed E-state index contributed by atoms with van der Waals surface area (Å²) in [7, 11) is 3.21. The highest BCUT2D eigenvalue weighted by Crippen LogP contribution is 2.23. The van der Waals surface area contributed by atoms with Crippen LogP contribution in [-0.4, -0.2) is 29.5 Å². The standard InChI is InChI=1S/C19H20ClN3O3/c1-25-16-7-13(8-17(9-16)26-2)3-6-19(24)21-10-15-12-23-11-14(20)4-5-18(23)22-15/h4-5,7-9,11-12H,3,6,10H2,1-2H3,(H,21,24). The molecule has 3 rings (SSSR count). The van der Waals surface area contributed by atoms with Crippen molar-refractivity contribution in [2.45, 2.75) is 19.4 Å². The van der Waals surface area contributed by atoms with Crippen LogP contribution in [0.1, 0.15) is 17.7 Å². The van der Waals surface area contributed by atoms with Crippen LogP contribution in [0.4, 0.5) is 0 Å². The Kier molecular flexibility index (Phi) is 5.63. The Balaban J connectivity index is 1.55. The van der Waals surface area contributed by atoms with Crippen LogP contribution in [0.15, 0.2) is 42.7 Å². The summed E-state index contributed by atoms with van der Waals surface area (Å²) in [5.74, 6) is 1.38. The Hall–Kier alpha value is -2.73. The molecule has 6 nitrogen and oxygen atoms in total. The van der Waals surface area contributed by atoms with Crippen molar-refractivity contribution in [3.05, 3.63) is 59.0 Å². The third kappa shape index (κ3) is 4.46. The fourth-order valence-corrected chi connectivity index (χ4v) is 2.82. The van der Waals surface area contributed by atoms with Crippen molar-refractivity contribution in [2.75, 3.05) is 14.2 Å². The summed E-state index contributed by atoms with van der Waals surface area (Å²) in [5, 5.41) is 3.53. The lowest BCUT2D eigenvalue weighted by molar-refractivity contribution is -0.121. The van der Waals surface area contributed by atoms with Crippen LogP contribution in [0, 0.1) is 0 Å². The van der Waals surface area contributed by atoms with E-state index in [0.29, 0.717) is 35.9 Å². The minimum atomic E-state index is -0.0399. The van der Waals surface area contributed by atoms with Crippen LogP contribution >= 0.6 is 11.6 Å². The van der Waals surface area contributed by atoms with Gasteiger partial charge in [0, 0.05) is 24.9 Å². The number of carbonyl (C=O) groups excluding carboxylic acids is 1. The minimum Gasteiger partial charge on any atom is -0.497 e. The van der Waals surface area contributed by atoms with Gasteiger partial charge in [0.1, 0.15) is 17.1 Å². The first-order valence-electron chi connectivity index (χ1n) is 8.19. The number of rotatable bonds is 7. The number of aromatic nitrogens is 2. The predicted molar refractivity (Wildman–Crippen MR) is 99.9 cm³/mol. The highest BCUT2D eigenvalue weighted by molar-refractivity contribution is 6.30. The maximum atomic E-state index is 12.1. The summed E-state index contributed by atoms with van der Waals surface area (Å²) < 4.78 is 12.3. The molecule has 7 heteroatoms. The zero-order valence-electron chi connectivity index (χ0n) is 14.7. The molecule has 26 heavy (non-hydrogen) atoms. The molecule has 0 saturated heterocycles. The van der Waals surface area contributed by atoms with E-state index >= 15 is 0 Å². The number of nitrogens with one attached hydrogen (secondary N) is 1. The van der Waals surface area contributed by atoms with E-state index in [1.54, 1.807) is 32.5 Å². The molecule has 1 amide bonds. The number of aryl methyl sites for hydroxylation is 1. The van der Waals surface area contributed by atoms with Gasteiger partial charge < -0.3 is 19.2 Å². The topological polar surface area (TPSA) is 64.9 Å². The fraction of sp³-hybridized carbons (Fsp3) is 0.263. The highest BCUT2D eigenvalue weighted by atomic mass is 35.5. The van der Waals surface area contributed by atoms with Gasteiger partial charge in [0.2, 0.25) is 5.91 Å². The molecule has 0 spiro atoms. The summed E-state index contributed by atoms with van der Waals surface area (Å²) in [6, 6.07) is 9.24. The molecule has 0 saturated carbocycles. The number of carbonyl (C=O) groups is 1. The molecule has 2 heterocycles. The normalized spacial score (nSPS) is 10.7. The quantitative estimate of drug-likeness (QED) is 0.690. The Labute approximate surface area is 156 Å². The second-order valence-electron chi connectivity index (χ2n) is 5.84. The van der Waals surface area contributed by atoms with Gasteiger partial charge in [-0.15, -0.1) is 0 Å². The molecule has 0 bridgehead atoms. The number of ether oxygens (including phenoxy) is 2. The molecular weight excluding hydrogens is 354 g/mol. The Morgan fingerprint density at radius 1 is 1.15 bits per heavy atom. The number of hydrogen-bond acceptors (Lipinski definition) is 4. The molecule has 0 atom stereocenters. The molecular formula is C19H20ClN3O3. The van der Waals surface area contributed by atoms with Gasteiger partial charge in [-0.05, 0) is 36.2 Å². The number of benzene rings is 1. The van der Waals surface area contributed by atoms with Crippen molar-refractivity contribution < 1.29 is 14.3 Å². The molecule has 3 aromatic rings. The smallest absolute Gasteiger partial charge is 0.220 e. The van der Waals surface area contributed by atoms with E-state index in [-0.39, 0.29) is 5.91 Å². The number of amides is 1. The lowest BCUT2D eigenvalue weighted by Crippen LogP contribution is -2.23. The van der Waals surface area contributed by atoms with Crippen molar-refractivity contribution in [3.8, 4) is 11.5 Å².